The molecule has 1 amide bonds. The highest BCUT2D eigenvalue weighted by atomic mass is 16.5. The van der Waals surface area contributed by atoms with Crippen LogP contribution in [0.4, 0.5) is 0 Å². The molecule has 2 aromatic carbocycles. The van der Waals surface area contributed by atoms with Gasteiger partial charge in [-0.3, -0.25) is 9.69 Å². The van der Waals surface area contributed by atoms with Crippen LogP contribution < -0.4 is 10.5 Å². The van der Waals surface area contributed by atoms with Crippen molar-refractivity contribution in [2.45, 2.75) is 31.5 Å². The number of nitrogens with zero attached hydrogens (tertiary/aromatic N) is 2. The summed E-state index contributed by atoms with van der Waals surface area (Å²) in [6, 6.07) is 14.8. The highest BCUT2D eigenvalue weighted by molar-refractivity contribution is 5.97. The lowest BCUT2D eigenvalue weighted by molar-refractivity contribution is -0.0312. The Hall–Kier alpha value is -2.49. The number of fused-ring (bicyclic) bond motifs is 2. The average Bonchev–Trinajstić information content (AvgIpc) is 2.99. The molecule has 4 aliphatic heterocycles. The Balaban J connectivity index is 0.000000477. The predicted octanol–water partition coefficient (Wildman–Crippen LogP) is 1.47. The average molecular weight is 496 g/mol. The maximum Gasteiger partial charge on any atom is 0.257 e. The summed E-state index contributed by atoms with van der Waals surface area (Å²) in [6.07, 6.45) is 1.33. The Labute approximate surface area is 212 Å². The minimum Gasteiger partial charge on any atom is -0.491 e. The third-order valence-corrected chi connectivity index (χ3v) is 7.19. The Morgan fingerprint density at radius 1 is 1.00 bits per heavy atom. The molecule has 4 heterocycles. The van der Waals surface area contributed by atoms with E-state index in [1.165, 1.54) is 11.1 Å². The zero-order chi connectivity index (χ0) is 24.9. The van der Waals surface area contributed by atoms with Gasteiger partial charge in [0, 0.05) is 32.1 Å². The lowest BCUT2D eigenvalue weighted by Gasteiger charge is -2.32. The fraction of sp³-hybridized carbons (Fsp3) is 0.536. The zero-order valence-corrected chi connectivity index (χ0v) is 20.8. The van der Waals surface area contributed by atoms with E-state index in [4.69, 9.17) is 19.9 Å². The van der Waals surface area contributed by atoms with Crippen LogP contribution in [-0.4, -0.2) is 92.2 Å². The van der Waals surface area contributed by atoms with E-state index in [0.29, 0.717) is 49.5 Å². The molecule has 0 spiro atoms. The monoisotopic (exact) mass is 495 g/mol. The molecule has 6 rings (SSSR count). The van der Waals surface area contributed by atoms with Crippen molar-refractivity contribution in [1.29, 1.82) is 0 Å². The molecule has 36 heavy (non-hydrogen) atoms. The molecule has 1 atom stereocenters. The Kier molecular flexibility index (Phi) is 8.19. The van der Waals surface area contributed by atoms with Crippen LogP contribution >= 0.6 is 0 Å². The molecule has 4 aliphatic rings. The summed E-state index contributed by atoms with van der Waals surface area (Å²) in [5.74, 6) is 1.12. The summed E-state index contributed by atoms with van der Waals surface area (Å²) in [5.41, 5.74) is 9.73. The van der Waals surface area contributed by atoms with Crippen molar-refractivity contribution in [3.8, 4) is 5.75 Å². The van der Waals surface area contributed by atoms with Crippen LogP contribution in [-0.2, 0) is 28.9 Å². The number of hydrogen-bond acceptors (Lipinski definition) is 7. The number of carbonyl (C=O) groups is 1. The van der Waals surface area contributed by atoms with Crippen LogP contribution in [0, 0.1) is 5.92 Å². The molecule has 0 saturated carbocycles. The molecule has 2 saturated heterocycles. The first kappa shape index (κ1) is 25.2. The van der Waals surface area contributed by atoms with Gasteiger partial charge in [-0.1, -0.05) is 30.3 Å². The summed E-state index contributed by atoms with van der Waals surface area (Å²) in [4.78, 5) is 17.3. The third-order valence-electron chi connectivity index (χ3n) is 7.19. The van der Waals surface area contributed by atoms with Gasteiger partial charge in [-0.2, -0.15) is 0 Å². The first-order valence-corrected chi connectivity index (χ1v) is 13.0. The minimum atomic E-state index is -0.592. The molecular weight excluding hydrogens is 458 g/mol. The quantitative estimate of drug-likeness (QED) is 0.627. The molecule has 0 bridgehead atoms. The second-order valence-electron chi connectivity index (χ2n) is 10.2. The number of rotatable bonds is 6. The van der Waals surface area contributed by atoms with E-state index in [1.807, 2.05) is 18.2 Å². The number of amides is 1. The lowest BCUT2D eigenvalue weighted by Crippen LogP contribution is -2.44. The Morgan fingerprint density at radius 2 is 1.75 bits per heavy atom. The first-order chi connectivity index (χ1) is 17.5. The molecule has 0 aliphatic carbocycles. The van der Waals surface area contributed by atoms with Crippen LogP contribution in [0.5, 0.6) is 5.75 Å². The number of β-amino-alcohol motifs (C(OH)–C–C–N with tert-alkyl or cyclic N) is 1. The lowest BCUT2D eigenvalue weighted by atomic mass is 9.96. The highest BCUT2D eigenvalue weighted by Gasteiger charge is 2.28. The van der Waals surface area contributed by atoms with Crippen LogP contribution in [0.3, 0.4) is 0 Å². The Morgan fingerprint density at radius 3 is 2.44 bits per heavy atom. The topological polar surface area (TPSA) is 97.5 Å². The summed E-state index contributed by atoms with van der Waals surface area (Å²) < 4.78 is 15.8. The van der Waals surface area contributed by atoms with Gasteiger partial charge in [-0.25, -0.2) is 0 Å². The number of aliphatic hydroxyl groups excluding tert-OH is 1. The van der Waals surface area contributed by atoms with Crippen molar-refractivity contribution in [1.82, 2.24) is 9.80 Å². The molecule has 8 heteroatoms. The van der Waals surface area contributed by atoms with Crippen molar-refractivity contribution in [3.63, 3.8) is 0 Å². The molecule has 2 aromatic rings. The number of benzene rings is 2. The SMILES string of the molecule is NC1COC1.O=C1c2cc(CC3COC3)ccc2OCCN1CC(O)CN1CCc2ccccc2C1. The summed E-state index contributed by atoms with van der Waals surface area (Å²) in [5, 5.41) is 10.8. The molecule has 194 valence electrons. The predicted molar refractivity (Wildman–Crippen MR) is 136 cm³/mol. The second-order valence-corrected chi connectivity index (χ2v) is 10.2. The molecule has 0 radical (unpaired) electrons. The van der Waals surface area contributed by atoms with Gasteiger partial charge in [-0.05, 0) is 41.7 Å². The summed E-state index contributed by atoms with van der Waals surface area (Å²) in [7, 11) is 0. The zero-order valence-electron chi connectivity index (χ0n) is 20.8. The fourth-order valence-electron chi connectivity index (χ4n) is 5.02. The van der Waals surface area contributed by atoms with E-state index >= 15 is 0 Å². The number of ether oxygens (including phenoxy) is 3. The first-order valence-electron chi connectivity index (χ1n) is 13.0. The van der Waals surface area contributed by atoms with Gasteiger partial charge in [0.25, 0.3) is 5.91 Å². The van der Waals surface area contributed by atoms with Gasteiger partial charge < -0.3 is 30.0 Å². The van der Waals surface area contributed by atoms with Crippen molar-refractivity contribution in [2.24, 2.45) is 11.7 Å². The normalized spacial score (nSPS) is 21.1. The molecule has 8 nitrogen and oxygen atoms in total. The summed E-state index contributed by atoms with van der Waals surface area (Å²) in [6.45, 7) is 6.71. The largest absolute Gasteiger partial charge is 0.491 e. The standard InChI is InChI=1S/C25H30N2O4.C3H7NO/c28-22(14-26-8-7-20-3-1-2-4-21(20)13-26)15-27-9-10-31-24-6-5-18(11-19-16-30-17-19)12-23(24)25(27)29;4-3-1-5-2-3/h1-6,12,19,22,28H,7-11,13-17H2;3H,1-2,4H2. The van der Waals surface area contributed by atoms with Gasteiger partial charge in [-0.15, -0.1) is 0 Å². The van der Waals surface area contributed by atoms with E-state index in [0.717, 1.165) is 57.9 Å². The van der Waals surface area contributed by atoms with Crippen molar-refractivity contribution in [2.75, 3.05) is 59.2 Å². The van der Waals surface area contributed by atoms with Crippen LogP contribution in [0.15, 0.2) is 42.5 Å². The van der Waals surface area contributed by atoms with E-state index in [2.05, 4.69) is 29.2 Å². The maximum absolute atomic E-state index is 13.2. The third kappa shape index (κ3) is 6.25. The van der Waals surface area contributed by atoms with E-state index in [9.17, 15) is 9.90 Å². The summed E-state index contributed by atoms with van der Waals surface area (Å²) >= 11 is 0. The number of hydrogen-bond donors (Lipinski definition) is 2. The molecule has 3 N–H and O–H groups in total. The van der Waals surface area contributed by atoms with Crippen molar-refractivity contribution >= 4 is 5.91 Å². The number of nitrogens with two attached hydrogens (primary N) is 1. The fourth-order valence-corrected chi connectivity index (χ4v) is 5.02. The van der Waals surface area contributed by atoms with Gasteiger partial charge in [0.2, 0.25) is 0 Å². The van der Waals surface area contributed by atoms with Crippen LogP contribution in [0.25, 0.3) is 0 Å². The Bertz CT molecular complexity index is 1040. The molecular formula is C28H37N3O5. The van der Waals surface area contributed by atoms with Crippen LogP contribution in [0.2, 0.25) is 0 Å². The number of aliphatic hydroxyl groups is 1. The van der Waals surface area contributed by atoms with Crippen molar-refractivity contribution in [3.05, 3.63) is 64.7 Å². The van der Waals surface area contributed by atoms with Gasteiger partial charge >= 0.3 is 0 Å². The van der Waals surface area contributed by atoms with E-state index < -0.39 is 6.10 Å². The van der Waals surface area contributed by atoms with E-state index in [-0.39, 0.29) is 5.91 Å². The molecule has 2 fully saturated rings. The van der Waals surface area contributed by atoms with Gasteiger partial charge in [0.1, 0.15) is 12.4 Å². The molecule has 0 aromatic heterocycles. The minimum absolute atomic E-state index is 0.0535. The smallest absolute Gasteiger partial charge is 0.257 e. The van der Waals surface area contributed by atoms with Crippen LogP contribution in [0.1, 0.15) is 27.0 Å². The van der Waals surface area contributed by atoms with Crippen molar-refractivity contribution < 1.29 is 24.1 Å². The van der Waals surface area contributed by atoms with Gasteiger partial charge in [0.05, 0.1) is 50.7 Å². The highest BCUT2D eigenvalue weighted by Crippen LogP contribution is 2.27. The number of carbonyl (C=O) groups excluding carboxylic acids is 1. The van der Waals surface area contributed by atoms with E-state index in [1.54, 1.807) is 4.90 Å². The van der Waals surface area contributed by atoms with Gasteiger partial charge in [0.15, 0.2) is 0 Å². The second kappa shape index (κ2) is 11.7. The molecule has 1 unspecified atom stereocenters. The maximum atomic E-state index is 13.2.